The van der Waals surface area contributed by atoms with Gasteiger partial charge in [-0.2, -0.15) is 10.1 Å². The summed E-state index contributed by atoms with van der Waals surface area (Å²) in [5.41, 5.74) is 1.47. The van der Waals surface area contributed by atoms with Gasteiger partial charge >= 0.3 is 5.97 Å². The van der Waals surface area contributed by atoms with E-state index in [0.717, 1.165) is 5.56 Å². The van der Waals surface area contributed by atoms with E-state index in [0.29, 0.717) is 18.1 Å². The molecule has 0 fully saturated rings. The van der Waals surface area contributed by atoms with Gasteiger partial charge in [0.1, 0.15) is 12.4 Å². The summed E-state index contributed by atoms with van der Waals surface area (Å²) in [6.07, 6.45) is 3.10. The fraction of sp³-hybridized carbons (Fsp3) is 0.214. The number of aromatic nitrogens is 3. The molecule has 1 atom stereocenters. The average Bonchev–Trinajstić information content (AvgIpc) is 2.95. The Kier molecular flexibility index (Phi) is 3.20. The molecule has 1 aromatic carbocycles. The number of hydrogen-bond acceptors (Lipinski definition) is 5. The Labute approximate surface area is 116 Å². The molecule has 0 unspecified atom stereocenters. The van der Waals surface area contributed by atoms with Crippen LogP contribution in [0.1, 0.15) is 18.5 Å². The van der Waals surface area contributed by atoms with Crippen LogP contribution in [0.25, 0.3) is 0 Å². The van der Waals surface area contributed by atoms with Gasteiger partial charge in [0.15, 0.2) is 0 Å². The lowest BCUT2D eigenvalue weighted by Gasteiger charge is -2.25. The summed E-state index contributed by atoms with van der Waals surface area (Å²) < 4.78 is 6.80. The predicted molar refractivity (Wildman–Crippen MR) is 72.9 cm³/mol. The fourth-order valence-electron chi connectivity index (χ4n) is 2.24. The van der Waals surface area contributed by atoms with Crippen LogP contribution in [0.4, 0.5) is 5.95 Å². The fourth-order valence-corrected chi connectivity index (χ4v) is 2.24. The number of carbonyl (C=O) groups excluding carboxylic acids is 1. The molecule has 0 bridgehead atoms. The lowest BCUT2D eigenvalue weighted by molar-refractivity contribution is -0.139. The van der Waals surface area contributed by atoms with E-state index >= 15 is 0 Å². The first kappa shape index (κ1) is 12.4. The van der Waals surface area contributed by atoms with Crippen molar-refractivity contribution in [1.29, 1.82) is 0 Å². The smallest absolute Gasteiger partial charge is 0.338 e. The van der Waals surface area contributed by atoms with Gasteiger partial charge in [0.05, 0.1) is 12.2 Å². The third kappa shape index (κ3) is 2.05. The number of benzene rings is 1. The first-order chi connectivity index (χ1) is 9.81. The number of hydrogen-bond donors (Lipinski definition) is 1. The molecule has 1 aliphatic heterocycles. The highest BCUT2D eigenvalue weighted by Gasteiger charge is 2.31. The van der Waals surface area contributed by atoms with Crippen molar-refractivity contribution < 1.29 is 9.53 Å². The average molecular weight is 270 g/mol. The van der Waals surface area contributed by atoms with E-state index in [2.05, 4.69) is 15.4 Å². The number of esters is 1. The molecule has 1 aromatic heterocycles. The molecule has 0 saturated heterocycles. The van der Waals surface area contributed by atoms with Gasteiger partial charge in [-0.1, -0.05) is 30.3 Å². The summed E-state index contributed by atoms with van der Waals surface area (Å²) in [4.78, 5) is 16.2. The Morgan fingerprint density at radius 1 is 1.40 bits per heavy atom. The van der Waals surface area contributed by atoms with E-state index < -0.39 is 0 Å². The van der Waals surface area contributed by atoms with Crippen LogP contribution in [0.5, 0.6) is 0 Å². The van der Waals surface area contributed by atoms with Crippen molar-refractivity contribution in [2.75, 3.05) is 11.9 Å². The molecule has 0 saturated carbocycles. The van der Waals surface area contributed by atoms with Crippen LogP contribution in [0, 0.1) is 0 Å². The Morgan fingerprint density at radius 3 is 2.95 bits per heavy atom. The highest BCUT2D eigenvalue weighted by Crippen LogP contribution is 2.31. The minimum absolute atomic E-state index is 0.325. The Hall–Kier alpha value is -2.63. The Balaban J connectivity index is 2.06. The highest BCUT2D eigenvalue weighted by atomic mass is 16.5. The third-order valence-electron chi connectivity index (χ3n) is 3.10. The summed E-state index contributed by atoms with van der Waals surface area (Å²) in [5, 5.41) is 7.16. The van der Waals surface area contributed by atoms with Crippen molar-refractivity contribution >= 4 is 11.9 Å². The van der Waals surface area contributed by atoms with Crippen molar-refractivity contribution in [3.63, 3.8) is 0 Å². The van der Waals surface area contributed by atoms with Crippen LogP contribution >= 0.6 is 0 Å². The zero-order chi connectivity index (χ0) is 13.9. The quantitative estimate of drug-likeness (QED) is 0.860. The normalized spacial score (nSPS) is 16.9. The molecule has 0 radical (unpaired) electrons. The minimum atomic E-state index is -0.352. The van der Waals surface area contributed by atoms with Crippen LogP contribution in [0.2, 0.25) is 0 Å². The van der Waals surface area contributed by atoms with Gasteiger partial charge in [-0.15, -0.1) is 0 Å². The van der Waals surface area contributed by atoms with E-state index in [-0.39, 0.29) is 12.0 Å². The minimum Gasteiger partial charge on any atom is -0.463 e. The molecular weight excluding hydrogens is 256 g/mol. The topological polar surface area (TPSA) is 69.0 Å². The Morgan fingerprint density at radius 2 is 2.20 bits per heavy atom. The summed E-state index contributed by atoms with van der Waals surface area (Å²) in [5.74, 6) is 0.252. The number of nitrogens with zero attached hydrogens (tertiary/aromatic N) is 3. The molecule has 2 aromatic rings. The third-order valence-corrected chi connectivity index (χ3v) is 3.10. The molecule has 20 heavy (non-hydrogen) atoms. The largest absolute Gasteiger partial charge is 0.463 e. The van der Waals surface area contributed by atoms with Crippen LogP contribution < -0.4 is 5.32 Å². The van der Waals surface area contributed by atoms with E-state index in [9.17, 15) is 4.79 Å². The van der Waals surface area contributed by atoms with Crippen molar-refractivity contribution in [3.05, 3.63) is 54.0 Å². The van der Waals surface area contributed by atoms with E-state index in [4.69, 9.17) is 4.74 Å². The van der Waals surface area contributed by atoms with Crippen molar-refractivity contribution in [1.82, 2.24) is 14.8 Å². The molecule has 1 aliphatic rings. The maximum atomic E-state index is 12.1. The molecular formula is C14H14N4O2. The first-order valence-corrected chi connectivity index (χ1v) is 6.39. The van der Waals surface area contributed by atoms with E-state index in [1.807, 2.05) is 30.3 Å². The van der Waals surface area contributed by atoms with Crippen molar-refractivity contribution in [3.8, 4) is 0 Å². The number of nitrogens with one attached hydrogen (secondary N) is 1. The number of rotatable bonds is 3. The molecule has 102 valence electrons. The zero-order valence-electron chi connectivity index (χ0n) is 11.0. The standard InChI is InChI=1S/C14H14N4O2/c1-2-20-13(19)11-8-15-14-16-9-17-18(14)12(11)10-6-4-3-5-7-10/h3-9,12H,2H2,1H3,(H,15,16,17)/t12-/m0/s1. The molecule has 0 aliphatic carbocycles. The van der Waals surface area contributed by atoms with Crippen LogP contribution in [-0.2, 0) is 9.53 Å². The summed E-state index contributed by atoms with van der Waals surface area (Å²) in [6, 6.07) is 9.37. The summed E-state index contributed by atoms with van der Waals surface area (Å²) in [6.45, 7) is 2.12. The molecule has 0 spiro atoms. The van der Waals surface area contributed by atoms with Crippen molar-refractivity contribution in [2.24, 2.45) is 0 Å². The highest BCUT2D eigenvalue weighted by molar-refractivity contribution is 5.91. The molecule has 2 heterocycles. The summed E-state index contributed by atoms with van der Waals surface area (Å²) >= 11 is 0. The molecule has 6 nitrogen and oxygen atoms in total. The maximum Gasteiger partial charge on any atom is 0.338 e. The van der Waals surface area contributed by atoms with Gasteiger partial charge in [-0.25, -0.2) is 9.48 Å². The van der Waals surface area contributed by atoms with Crippen LogP contribution in [0.15, 0.2) is 48.4 Å². The second-order valence-corrected chi connectivity index (χ2v) is 4.31. The molecule has 6 heteroatoms. The number of anilines is 1. The van der Waals surface area contributed by atoms with Gasteiger partial charge in [0.2, 0.25) is 5.95 Å². The van der Waals surface area contributed by atoms with Crippen LogP contribution in [-0.4, -0.2) is 27.3 Å². The number of fused-ring (bicyclic) bond motifs is 1. The lowest BCUT2D eigenvalue weighted by atomic mass is 9.98. The monoisotopic (exact) mass is 270 g/mol. The first-order valence-electron chi connectivity index (χ1n) is 6.39. The van der Waals surface area contributed by atoms with Gasteiger partial charge in [0, 0.05) is 6.20 Å². The van der Waals surface area contributed by atoms with Gasteiger partial charge < -0.3 is 10.1 Å². The van der Waals surface area contributed by atoms with Gasteiger partial charge in [-0.3, -0.25) is 0 Å². The second kappa shape index (κ2) is 5.16. The molecule has 0 amide bonds. The lowest BCUT2D eigenvalue weighted by Crippen LogP contribution is -2.27. The van der Waals surface area contributed by atoms with Crippen LogP contribution in [0.3, 0.4) is 0 Å². The summed E-state index contributed by atoms with van der Waals surface area (Å²) in [7, 11) is 0. The zero-order valence-corrected chi connectivity index (χ0v) is 11.0. The molecule has 1 N–H and O–H groups in total. The SMILES string of the molecule is CCOC(=O)C1=CNc2ncnn2[C@H]1c1ccccc1. The molecule has 3 rings (SSSR count). The van der Waals surface area contributed by atoms with E-state index in [1.54, 1.807) is 17.8 Å². The van der Waals surface area contributed by atoms with Gasteiger partial charge in [-0.05, 0) is 12.5 Å². The Bertz CT molecular complexity index is 648. The van der Waals surface area contributed by atoms with Gasteiger partial charge in [0.25, 0.3) is 0 Å². The second-order valence-electron chi connectivity index (χ2n) is 4.31. The predicted octanol–water partition coefficient (Wildman–Crippen LogP) is 1.74. The maximum absolute atomic E-state index is 12.1. The number of ether oxygens (including phenoxy) is 1. The van der Waals surface area contributed by atoms with Crippen molar-refractivity contribution in [2.45, 2.75) is 13.0 Å². The number of carbonyl (C=O) groups is 1. The van der Waals surface area contributed by atoms with E-state index in [1.165, 1.54) is 6.33 Å².